The van der Waals surface area contributed by atoms with E-state index in [9.17, 15) is 37.5 Å². The molecule has 17 heteroatoms. The van der Waals surface area contributed by atoms with Crippen LogP contribution in [0.25, 0.3) is 11.3 Å². The lowest BCUT2D eigenvalue weighted by Gasteiger charge is -2.33. The number of hydrogen-bond donors (Lipinski definition) is 4. The van der Waals surface area contributed by atoms with E-state index in [0.717, 1.165) is 24.2 Å². The van der Waals surface area contributed by atoms with Gasteiger partial charge in [0.15, 0.2) is 0 Å². The number of alkyl carbamates (subject to hydrolysis) is 1. The Labute approximate surface area is 324 Å². The summed E-state index contributed by atoms with van der Waals surface area (Å²) < 4.78 is 33.5. The monoisotopic (exact) mass is 796 g/mol. The number of amides is 5. The molecule has 4 fully saturated rings. The summed E-state index contributed by atoms with van der Waals surface area (Å²) in [6.45, 7) is 5.67. The van der Waals surface area contributed by atoms with Crippen LogP contribution in [0.4, 0.5) is 4.79 Å². The first kappa shape index (κ1) is 38.8. The Balaban J connectivity index is 1.18. The molecule has 2 aliphatic carbocycles. The summed E-state index contributed by atoms with van der Waals surface area (Å²) in [7, 11) is -3.92. The average Bonchev–Trinajstić information content (AvgIpc) is 3.96. The van der Waals surface area contributed by atoms with E-state index >= 15 is 0 Å². The Hall–Kier alpha value is -4.51. The summed E-state index contributed by atoms with van der Waals surface area (Å²) in [5.74, 6) is -3.45. The predicted octanol–water partition coefficient (Wildman–Crippen LogP) is 3.31. The van der Waals surface area contributed by atoms with E-state index in [1.807, 2.05) is 12.2 Å². The van der Waals surface area contributed by atoms with Gasteiger partial charge in [0.2, 0.25) is 21.8 Å². The number of aromatic hydroxyl groups is 1. The van der Waals surface area contributed by atoms with E-state index in [1.165, 1.54) is 4.90 Å². The van der Waals surface area contributed by atoms with Crippen LogP contribution in [-0.4, -0.2) is 106 Å². The van der Waals surface area contributed by atoms with E-state index in [0.29, 0.717) is 48.9 Å². The van der Waals surface area contributed by atoms with Crippen LogP contribution in [-0.2, 0) is 29.1 Å². The van der Waals surface area contributed by atoms with Gasteiger partial charge in [0.1, 0.15) is 23.2 Å². The third-order valence-corrected chi connectivity index (χ3v) is 13.5. The summed E-state index contributed by atoms with van der Waals surface area (Å²) in [4.78, 5) is 77.2. The third-order valence-electron chi connectivity index (χ3n) is 11.1. The molecule has 0 spiro atoms. The molecule has 5 amide bonds. The largest absolute Gasteiger partial charge is 0.486 e. The highest BCUT2D eigenvalue weighted by Crippen LogP contribution is 2.47. The van der Waals surface area contributed by atoms with Gasteiger partial charge in [0, 0.05) is 53.9 Å². The van der Waals surface area contributed by atoms with Gasteiger partial charge in [-0.3, -0.25) is 23.9 Å². The number of aromatic nitrogens is 1. The Morgan fingerprint density at radius 3 is 2.56 bits per heavy atom. The van der Waals surface area contributed by atoms with Crippen molar-refractivity contribution >= 4 is 51.1 Å². The predicted molar refractivity (Wildman–Crippen MR) is 202 cm³/mol. The molecule has 4 N–H and O–H groups in total. The molecular formula is C38H48N6O9S2. The second-order valence-electron chi connectivity index (χ2n) is 16.4. The van der Waals surface area contributed by atoms with Crippen molar-refractivity contribution in [2.45, 2.75) is 101 Å². The zero-order valence-electron chi connectivity index (χ0n) is 31.2. The number of ether oxygens (including phenoxy) is 1. The zero-order valence-corrected chi connectivity index (χ0v) is 32.8. The number of fused-ring (bicyclic) bond motifs is 4. The molecule has 0 bridgehead atoms. The summed E-state index contributed by atoms with van der Waals surface area (Å²) >= 11 is 1.08. The zero-order chi connectivity index (χ0) is 39.3. The molecule has 55 heavy (non-hydrogen) atoms. The number of benzene rings is 1. The van der Waals surface area contributed by atoms with Gasteiger partial charge in [-0.25, -0.2) is 18.2 Å². The highest BCUT2D eigenvalue weighted by atomic mass is 32.2. The van der Waals surface area contributed by atoms with Crippen molar-refractivity contribution in [2.24, 2.45) is 17.8 Å². The molecule has 2 saturated carbocycles. The third kappa shape index (κ3) is 8.37. The van der Waals surface area contributed by atoms with E-state index < -0.39 is 74.1 Å². The molecule has 0 unspecified atom stereocenters. The molecule has 2 aromatic rings. The van der Waals surface area contributed by atoms with Gasteiger partial charge in [-0.1, -0.05) is 48.5 Å². The fourth-order valence-corrected chi connectivity index (χ4v) is 10.00. The van der Waals surface area contributed by atoms with E-state index in [-0.39, 0.29) is 43.1 Å². The van der Waals surface area contributed by atoms with Crippen LogP contribution in [0.15, 0.2) is 41.8 Å². The molecule has 7 rings (SSSR count). The van der Waals surface area contributed by atoms with Crippen molar-refractivity contribution in [1.29, 1.82) is 0 Å². The quantitative estimate of drug-likeness (QED) is 0.314. The second kappa shape index (κ2) is 14.9. The number of carbonyl (C=O) groups excluding carboxylic acids is 5. The summed E-state index contributed by atoms with van der Waals surface area (Å²) in [6.07, 6.45) is 7.30. The molecule has 5 aliphatic rings. The highest BCUT2D eigenvalue weighted by Gasteiger charge is 2.63. The minimum absolute atomic E-state index is 0.0869. The minimum atomic E-state index is -3.92. The van der Waals surface area contributed by atoms with Gasteiger partial charge < -0.3 is 30.3 Å². The molecule has 1 aromatic carbocycles. The highest BCUT2D eigenvalue weighted by molar-refractivity contribution is 7.91. The number of thiazole rings is 1. The summed E-state index contributed by atoms with van der Waals surface area (Å²) in [5, 5.41) is 16.4. The van der Waals surface area contributed by atoms with Crippen LogP contribution in [0.2, 0.25) is 0 Å². The van der Waals surface area contributed by atoms with Crippen molar-refractivity contribution in [2.75, 3.05) is 19.6 Å². The standard InChI is InChI=1S/C38H48N6O9S2/c1-37(2,3)53-35(49)39-28-13-8-6-4-5-7-12-25-17-38(25,34(48)42-55(51,52)26-14-15-26)41-31(45)30-27-20-43(18-24(27)19-44(30)33(28)47)32(46)23-11-9-10-22(16-23)29-21-54-36(50)40-29/h7,9-12,16,21,24-28,30H,4-6,8,13-15,17-20H2,1-3H3,(H,39,49)(H,40,50)(H,41,45)(H,42,48)/b12-7-/t24-,25-,27-,28-,30-,38+/m0/s1. The van der Waals surface area contributed by atoms with Gasteiger partial charge in [0.25, 0.3) is 17.0 Å². The lowest BCUT2D eigenvalue weighted by molar-refractivity contribution is -0.142. The van der Waals surface area contributed by atoms with Crippen molar-refractivity contribution < 1.29 is 42.2 Å². The smallest absolute Gasteiger partial charge is 0.408 e. The van der Waals surface area contributed by atoms with Crippen LogP contribution in [0.1, 0.15) is 82.5 Å². The lowest BCUT2D eigenvalue weighted by atomic mass is 9.93. The first-order valence-corrected chi connectivity index (χ1v) is 21.4. The molecule has 3 aliphatic heterocycles. The van der Waals surface area contributed by atoms with Crippen molar-refractivity contribution in [3.05, 3.63) is 47.4 Å². The average molecular weight is 797 g/mol. The number of likely N-dealkylation sites (tertiary alicyclic amines) is 1. The first-order valence-electron chi connectivity index (χ1n) is 18.9. The molecule has 2 saturated heterocycles. The van der Waals surface area contributed by atoms with Crippen molar-refractivity contribution in [3.63, 3.8) is 0 Å². The Morgan fingerprint density at radius 1 is 1.07 bits per heavy atom. The Bertz CT molecular complexity index is 2010. The van der Waals surface area contributed by atoms with Gasteiger partial charge in [0.05, 0.1) is 10.9 Å². The molecule has 0 radical (unpaired) electrons. The number of carbonyl (C=O) groups is 5. The number of allylic oxidation sites excluding steroid dienone is 1. The topological polar surface area (TPSA) is 204 Å². The van der Waals surface area contributed by atoms with E-state index in [2.05, 4.69) is 20.3 Å². The molecule has 296 valence electrons. The Kier molecular flexibility index (Phi) is 10.5. The first-order chi connectivity index (χ1) is 26.0. The van der Waals surface area contributed by atoms with Crippen molar-refractivity contribution in [3.8, 4) is 16.5 Å². The number of hydrogen-bond acceptors (Lipinski definition) is 11. The van der Waals surface area contributed by atoms with Gasteiger partial charge in [-0.05, 0) is 71.4 Å². The SMILES string of the molecule is CC(C)(C)OC(=O)N[C@H]1CCCCC/C=C\[C@H]2C[C@@]2(C(=O)NS(=O)(=O)C2CC2)NC(=O)[C@@H]2[C@H]3CN(C(=O)c4cccc(-c5csc(O)n5)c4)C[C@H]3CN2C1=O. The van der Waals surface area contributed by atoms with E-state index in [1.54, 1.807) is 55.3 Å². The fourth-order valence-electron chi connectivity index (χ4n) is 8.08. The van der Waals surface area contributed by atoms with Gasteiger partial charge >= 0.3 is 6.09 Å². The van der Waals surface area contributed by atoms with Crippen molar-refractivity contribution in [1.82, 2.24) is 30.1 Å². The Morgan fingerprint density at radius 2 is 1.85 bits per heavy atom. The minimum Gasteiger partial charge on any atom is -0.486 e. The fraction of sp³-hybridized carbons (Fsp3) is 0.579. The maximum atomic E-state index is 14.6. The van der Waals surface area contributed by atoms with Crippen LogP contribution in [0, 0.1) is 17.8 Å². The number of nitrogens with zero attached hydrogens (tertiary/aromatic N) is 3. The van der Waals surface area contributed by atoms with Gasteiger partial charge in [-0.15, -0.1) is 0 Å². The van der Waals surface area contributed by atoms with Crippen LogP contribution < -0.4 is 15.4 Å². The number of rotatable bonds is 6. The normalized spacial score (nSPS) is 29.1. The van der Waals surface area contributed by atoms with Crippen LogP contribution >= 0.6 is 11.3 Å². The maximum absolute atomic E-state index is 14.6. The second-order valence-corrected chi connectivity index (χ2v) is 19.2. The molecule has 6 atom stereocenters. The van der Waals surface area contributed by atoms with Crippen LogP contribution in [0.3, 0.4) is 0 Å². The van der Waals surface area contributed by atoms with E-state index in [4.69, 9.17) is 4.74 Å². The summed E-state index contributed by atoms with van der Waals surface area (Å²) in [5.41, 5.74) is -0.765. The summed E-state index contributed by atoms with van der Waals surface area (Å²) in [6, 6.07) is 4.79. The maximum Gasteiger partial charge on any atom is 0.408 e. The van der Waals surface area contributed by atoms with Crippen LogP contribution in [0.5, 0.6) is 5.19 Å². The number of nitrogens with one attached hydrogen (secondary N) is 3. The molecule has 1 aromatic heterocycles. The van der Waals surface area contributed by atoms with Gasteiger partial charge in [-0.2, -0.15) is 0 Å². The lowest BCUT2D eigenvalue weighted by Crippen LogP contribution is -2.60. The molecular weight excluding hydrogens is 749 g/mol. The number of sulfonamides is 1. The molecule has 15 nitrogen and oxygen atoms in total. The molecule has 4 heterocycles.